The van der Waals surface area contributed by atoms with E-state index in [1.165, 1.54) is 0 Å². The Morgan fingerprint density at radius 2 is 1.62 bits per heavy atom. The predicted molar refractivity (Wildman–Crippen MR) is 60.8 cm³/mol. The SMILES string of the molecule is CCCC(CCC)S(=O)(=O)C(O)CC(=O)O. The molecule has 0 aliphatic heterocycles. The van der Waals surface area contributed by atoms with E-state index in [1.54, 1.807) is 0 Å². The second-order valence-electron chi connectivity index (χ2n) is 3.84. The Balaban J connectivity index is 4.75. The van der Waals surface area contributed by atoms with Crippen LogP contribution >= 0.6 is 0 Å². The van der Waals surface area contributed by atoms with Gasteiger partial charge in [-0.15, -0.1) is 0 Å². The van der Waals surface area contributed by atoms with Crippen molar-refractivity contribution in [3.05, 3.63) is 0 Å². The molecule has 0 aliphatic carbocycles. The smallest absolute Gasteiger partial charge is 0.307 e. The number of sulfone groups is 1. The Bertz CT molecular complexity index is 303. The molecule has 6 heteroatoms. The second kappa shape index (κ2) is 6.85. The molecule has 0 rings (SSSR count). The Morgan fingerprint density at radius 3 is 1.94 bits per heavy atom. The Hall–Kier alpha value is -0.620. The van der Waals surface area contributed by atoms with E-state index in [1.807, 2.05) is 13.8 Å². The third-order valence-electron chi connectivity index (χ3n) is 2.41. The normalized spacial score (nSPS) is 14.0. The average Bonchev–Trinajstić information content (AvgIpc) is 2.16. The first-order valence-electron chi connectivity index (χ1n) is 5.48. The lowest BCUT2D eigenvalue weighted by atomic mass is 10.2. The highest BCUT2D eigenvalue weighted by Crippen LogP contribution is 2.20. The topological polar surface area (TPSA) is 91.7 Å². The summed E-state index contributed by atoms with van der Waals surface area (Å²) in [5.41, 5.74) is -1.78. The number of carboxylic acid groups (broad SMARTS) is 1. The zero-order valence-corrected chi connectivity index (χ0v) is 10.5. The number of rotatable bonds is 8. The van der Waals surface area contributed by atoms with Gasteiger partial charge in [0.1, 0.15) is 0 Å². The highest BCUT2D eigenvalue weighted by atomic mass is 32.2. The van der Waals surface area contributed by atoms with E-state index in [0.29, 0.717) is 25.7 Å². The molecule has 0 aromatic rings. The van der Waals surface area contributed by atoms with Gasteiger partial charge < -0.3 is 10.2 Å². The van der Waals surface area contributed by atoms with Gasteiger partial charge in [0, 0.05) is 0 Å². The number of hydrogen-bond acceptors (Lipinski definition) is 4. The number of aliphatic hydroxyl groups is 1. The van der Waals surface area contributed by atoms with E-state index in [9.17, 15) is 18.3 Å². The van der Waals surface area contributed by atoms with Gasteiger partial charge in [0.2, 0.25) is 0 Å². The molecule has 0 heterocycles. The monoisotopic (exact) mass is 252 g/mol. The van der Waals surface area contributed by atoms with Crippen molar-refractivity contribution in [2.45, 2.75) is 56.6 Å². The van der Waals surface area contributed by atoms with Crippen molar-refractivity contribution in [1.82, 2.24) is 0 Å². The summed E-state index contributed by atoms with van der Waals surface area (Å²) in [6.07, 6.45) is 1.58. The number of aliphatic hydroxyl groups excluding tert-OH is 1. The van der Waals surface area contributed by atoms with Crippen LogP contribution in [0, 0.1) is 0 Å². The Kier molecular flexibility index (Phi) is 6.59. The maximum Gasteiger partial charge on any atom is 0.307 e. The van der Waals surface area contributed by atoms with Gasteiger partial charge >= 0.3 is 5.97 Å². The molecule has 96 valence electrons. The maximum absolute atomic E-state index is 11.8. The molecule has 2 N–H and O–H groups in total. The van der Waals surface area contributed by atoms with Gasteiger partial charge in [-0.2, -0.15) is 0 Å². The lowest BCUT2D eigenvalue weighted by Crippen LogP contribution is -2.33. The summed E-state index contributed by atoms with van der Waals surface area (Å²) < 4.78 is 23.7. The van der Waals surface area contributed by atoms with E-state index in [0.717, 1.165) is 0 Å². The van der Waals surface area contributed by atoms with Gasteiger partial charge in [-0.25, -0.2) is 8.42 Å². The first-order valence-corrected chi connectivity index (χ1v) is 7.09. The minimum Gasteiger partial charge on any atom is -0.481 e. The molecular weight excluding hydrogens is 232 g/mol. The first kappa shape index (κ1) is 15.4. The van der Waals surface area contributed by atoms with E-state index < -0.39 is 32.9 Å². The van der Waals surface area contributed by atoms with Crippen molar-refractivity contribution in [2.75, 3.05) is 0 Å². The largest absolute Gasteiger partial charge is 0.481 e. The predicted octanol–water partition coefficient (Wildman–Crippen LogP) is 1.16. The van der Waals surface area contributed by atoms with Crippen LogP contribution in [0.15, 0.2) is 0 Å². The molecule has 16 heavy (non-hydrogen) atoms. The molecule has 0 aliphatic rings. The summed E-state index contributed by atoms with van der Waals surface area (Å²) in [5, 5.41) is 17.2. The fourth-order valence-electron chi connectivity index (χ4n) is 1.60. The summed E-state index contributed by atoms with van der Waals surface area (Å²) in [5.74, 6) is -1.30. The van der Waals surface area contributed by atoms with Crippen LogP contribution in [0.2, 0.25) is 0 Å². The van der Waals surface area contributed by atoms with Crippen LogP contribution in [0.4, 0.5) is 0 Å². The fraction of sp³-hybridized carbons (Fsp3) is 0.900. The van der Waals surface area contributed by atoms with Gasteiger partial charge in [0.15, 0.2) is 15.3 Å². The summed E-state index contributed by atoms with van der Waals surface area (Å²) in [4.78, 5) is 10.4. The quantitative estimate of drug-likeness (QED) is 0.676. The Morgan fingerprint density at radius 1 is 1.19 bits per heavy atom. The molecule has 0 aromatic carbocycles. The van der Waals surface area contributed by atoms with E-state index in [2.05, 4.69) is 0 Å². The molecule has 1 unspecified atom stereocenters. The molecular formula is C10H20O5S. The van der Waals surface area contributed by atoms with Crippen LogP contribution in [-0.4, -0.2) is 35.3 Å². The molecule has 5 nitrogen and oxygen atoms in total. The molecule has 0 fully saturated rings. The van der Waals surface area contributed by atoms with Crippen molar-refractivity contribution in [2.24, 2.45) is 0 Å². The third kappa shape index (κ3) is 4.49. The molecule has 0 aromatic heterocycles. The highest BCUT2D eigenvalue weighted by molar-refractivity contribution is 7.92. The van der Waals surface area contributed by atoms with E-state index in [4.69, 9.17) is 5.11 Å². The van der Waals surface area contributed by atoms with E-state index in [-0.39, 0.29) is 0 Å². The molecule has 0 amide bonds. The number of aliphatic carboxylic acids is 1. The molecule has 0 saturated heterocycles. The van der Waals surface area contributed by atoms with Crippen molar-refractivity contribution in [3.63, 3.8) is 0 Å². The summed E-state index contributed by atoms with van der Waals surface area (Å²) >= 11 is 0. The van der Waals surface area contributed by atoms with Gasteiger partial charge in [-0.05, 0) is 12.8 Å². The summed E-state index contributed by atoms with van der Waals surface area (Å²) in [6, 6.07) is 0. The molecule has 0 radical (unpaired) electrons. The van der Waals surface area contributed by atoms with Crippen LogP contribution < -0.4 is 0 Å². The van der Waals surface area contributed by atoms with Crippen molar-refractivity contribution in [1.29, 1.82) is 0 Å². The lowest BCUT2D eigenvalue weighted by Gasteiger charge is -2.19. The lowest BCUT2D eigenvalue weighted by molar-refractivity contribution is -0.138. The summed E-state index contributed by atoms with van der Waals surface area (Å²) in [7, 11) is -3.75. The second-order valence-corrected chi connectivity index (χ2v) is 6.23. The zero-order chi connectivity index (χ0) is 12.8. The van der Waals surface area contributed by atoms with Crippen molar-refractivity contribution < 1.29 is 23.4 Å². The third-order valence-corrected chi connectivity index (χ3v) is 4.74. The van der Waals surface area contributed by atoms with Crippen LogP contribution in [0.1, 0.15) is 46.0 Å². The van der Waals surface area contributed by atoms with Crippen LogP contribution in [-0.2, 0) is 14.6 Å². The Labute approximate surface area is 96.4 Å². The minimum atomic E-state index is -3.75. The zero-order valence-electron chi connectivity index (χ0n) is 9.72. The van der Waals surface area contributed by atoms with Gasteiger partial charge in [0.25, 0.3) is 0 Å². The summed E-state index contributed by atoms with van der Waals surface area (Å²) in [6.45, 7) is 3.73. The van der Waals surface area contributed by atoms with E-state index >= 15 is 0 Å². The highest BCUT2D eigenvalue weighted by Gasteiger charge is 2.32. The van der Waals surface area contributed by atoms with Gasteiger partial charge in [-0.1, -0.05) is 26.7 Å². The van der Waals surface area contributed by atoms with Crippen molar-refractivity contribution in [3.8, 4) is 0 Å². The number of carboxylic acids is 1. The standard InChI is InChI=1S/C10H20O5S/c1-3-5-8(6-4-2)16(14,15)10(13)7-9(11)12/h8,10,13H,3-7H2,1-2H3,(H,11,12). The van der Waals surface area contributed by atoms with Crippen LogP contribution in [0.5, 0.6) is 0 Å². The fourth-order valence-corrected chi connectivity index (χ4v) is 3.55. The molecule has 1 atom stereocenters. The minimum absolute atomic E-state index is 0.465. The van der Waals surface area contributed by atoms with Gasteiger partial charge in [0.05, 0.1) is 11.7 Å². The number of carbonyl (C=O) groups is 1. The molecule has 0 spiro atoms. The molecule has 0 saturated carbocycles. The number of hydrogen-bond donors (Lipinski definition) is 2. The van der Waals surface area contributed by atoms with Gasteiger partial charge in [-0.3, -0.25) is 4.79 Å². The van der Waals surface area contributed by atoms with Crippen molar-refractivity contribution >= 4 is 15.8 Å². The van der Waals surface area contributed by atoms with Crippen LogP contribution in [0.3, 0.4) is 0 Å². The van der Waals surface area contributed by atoms with Crippen LogP contribution in [0.25, 0.3) is 0 Å². The first-order chi connectivity index (χ1) is 7.36. The molecule has 0 bridgehead atoms. The maximum atomic E-state index is 11.8. The average molecular weight is 252 g/mol.